The number of nitrogens with one attached hydrogen (secondary N) is 1. The van der Waals surface area contributed by atoms with E-state index in [2.05, 4.69) is 20.9 Å². The van der Waals surface area contributed by atoms with Gasteiger partial charge in [-0.3, -0.25) is 4.79 Å². The fourth-order valence-corrected chi connectivity index (χ4v) is 2.06. The molecule has 0 saturated carbocycles. The van der Waals surface area contributed by atoms with Gasteiger partial charge in [0.15, 0.2) is 0 Å². The minimum absolute atomic E-state index is 0.448. The molecule has 76 valence electrons. The second-order valence-corrected chi connectivity index (χ2v) is 4.00. The number of nitrogens with two attached hydrogens (primary N) is 1. The molecular weight excluding hydrogens is 256 g/mol. The molecule has 15 heavy (non-hydrogen) atoms. The average molecular weight is 265 g/mol. The Kier molecular flexibility index (Phi) is 2.60. The molecule has 0 atom stereocenters. The number of benzene rings is 1. The van der Waals surface area contributed by atoms with E-state index in [9.17, 15) is 4.79 Å². The number of carbonyl (C=O) groups excluding carboxylic acids is 1. The quantitative estimate of drug-likeness (QED) is 0.805. The minimum atomic E-state index is -0.448. The molecule has 3 N–H and O–H groups in total. The van der Waals surface area contributed by atoms with Crippen molar-refractivity contribution in [2.75, 3.05) is 0 Å². The summed E-state index contributed by atoms with van der Waals surface area (Å²) in [7, 11) is 0. The number of hydrogen-bond acceptors (Lipinski definition) is 1. The molecule has 4 heteroatoms. The predicted octanol–water partition coefficient (Wildman–Crippen LogP) is 2.43. The summed E-state index contributed by atoms with van der Waals surface area (Å²) in [5.41, 5.74) is 7.01. The molecule has 1 aromatic heterocycles. The predicted molar refractivity (Wildman–Crippen MR) is 64.2 cm³/mol. The van der Waals surface area contributed by atoms with Gasteiger partial charge in [-0.2, -0.15) is 0 Å². The number of halogens is 1. The number of amides is 1. The summed E-state index contributed by atoms with van der Waals surface area (Å²) in [6.45, 7) is 0. The first-order chi connectivity index (χ1) is 7.18. The Morgan fingerprint density at radius 2 is 2.27 bits per heavy atom. The van der Waals surface area contributed by atoms with Crippen LogP contribution in [-0.4, -0.2) is 10.9 Å². The molecule has 0 aliphatic carbocycles. The summed E-state index contributed by atoms with van der Waals surface area (Å²) in [4.78, 5) is 13.7. The van der Waals surface area contributed by atoms with Gasteiger partial charge in [0, 0.05) is 33.2 Å². The molecule has 1 aromatic carbocycles. The lowest BCUT2D eigenvalue weighted by Gasteiger charge is -1.95. The van der Waals surface area contributed by atoms with Gasteiger partial charge in [-0.05, 0) is 18.2 Å². The molecular formula is C11H9BrN2O. The number of aromatic amines is 1. The molecule has 1 heterocycles. The SMILES string of the molecule is NC(=O)C=Cc1c[nH]c2cccc(Br)c12. The van der Waals surface area contributed by atoms with Gasteiger partial charge in [0.1, 0.15) is 0 Å². The number of aromatic nitrogens is 1. The molecule has 2 rings (SSSR count). The van der Waals surface area contributed by atoms with Crippen LogP contribution in [0.15, 0.2) is 34.9 Å². The molecule has 0 radical (unpaired) electrons. The molecule has 0 spiro atoms. The number of carbonyl (C=O) groups is 1. The van der Waals surface area contributed by atoms with Gasteiger partial charge in [0.2, 0.25) is 5.91 Å². The standard InChI is InChI=1S/C11H9BrN2O/c12-8-2-1-3-9-11(8)7(6-14-9)4-5-10(13)15/h1-6,14H,(H2,13,15). The molecule has 1 amide bonds. The van der Waals surface area contributed by atoms with Crippen LogP contribution < -0.4 is 5.73 Å². The Morgan fingerprint density at radius 3 is 3.00 bits per heavy atom. The van der Waals surface area contributed by atoms with Crippen LogP contribution >= 0.6 is 15.9 Å². The Balaban J connectivity index is 2.57. The molecule has 0 aliphatic heterocycles. The molecule has 0 saturated heterocycles. The largest absolute Gasteiger partial charge is 0.366 e. The second kappa shape index (κ2) is 3.90. The van der Waals surface area contributed by atoms with E-state index in [0.717, 1.165) is 20.9 Å². The lowest BCUT2D eigenvalue weighted by atomic mass is 10.1. The van der Waals surface area contributed by atoms with E-state index in [1.165, 1.54) is 6.08 Å². The summed E-state index contributed by atoms with van der Waals surface area (Å²) < 4.78 is 0.991. The van der Waals surface area contributed by atoms with E-state index in [4.69, 9.17) is 5.73 Å². The summed E-state index contributed by atoms with van der Waals surface area (Å²) in [5, 5.41) is 1.05. The highest BCUT2D eigenvalue weighted by Crippen LogP contribution is 2.27. The number of hydrogen-bond donors (Lipinski definition) is 2. The first kappa shape index (κ1) is 9.98. The number of rotatable bonds is 2. The third kappa shape index (κ3) is 1.94. The van der Waals surface area contributed by atoms with Crippen LogP contribution in [0.2, 0.25) is 0 Å². The first-order valence-corrected chi connectivity index (χ1v) is 5.21. The summed E-state index contributed by atoms with van der Waals surface area (Å²) >= 11 is 3.46. The molecule has 0 aliphatic rings. The van der Waals surface area contributed by atoms with E-state index in [1.54, 1.807) is 6.08 Å². The lowest BCUT2D eigenvalue weighted by Crippen LogP contribution is -2.04. The van der Waals surface area contributed by atoms with Gasteiger partial charge >= 0.3 is 0 Å². The topological polar surface area (TPSA) is 58.9 Å². The normalized spacial score (nSPS) is 11.3. The van der Waals surface area contributed by atoms with Gasteiger partial charge in [0.05, 0.1) is 0 Å². The van der Waals surface area contributed by atoms with E-state index in [0.29, 0.717) is 0 Å². The maximum absolute atomic E-state index is 10.6. The van der Waals surface area contributed by atoms with Crippen LogP contribution in [0.3, 0.4) is 0 Å². The zero-order valence-electron chi connectivity index (χ0n) is 7.83. The van der Waals surface area contributed by atoms with E-state index < -0.39 is 5.91 Å². The van der Waals surface area contributed by atoms with Gasteiger partial charge in [-0.15, -0.1) is 0 Å². The molecule has 0 bridgehead atoms. The fraction of sp³-hybridized carbons (Fsp3) is 0. The Labute approximate surface area is 95.1 Å². The van der Waals surface area contributed by atoms with Crippen molar-refractivity contribution in [2.45, 2.75) is 0 Å². The maximum atomic E-state index is 10.6. The van der Waals surface area contributed by atoms with Crippen LogP contribution in [0.25, 0.3) is 17.0 Å². The molecule has 3 nitrogen and oxygen atoms in total. The minimum Gasteiger partial charge on any atom is -0.366 e. The third-order valence-corrected chi connectivity index (χ3v) is 2.77. The number of primary amides is 1. The van der Waals surface area contributed by atoms with Gasteiger partial charge in [-0.25, -0.2) is 0 Å². The number of fused-ring (bicyclic) bond motifs is 1. The zero-order valence-corrected chi connectivity index (χ0v) is 9.41. The van der Waals surface area contributed by atoms with E-state index >= 15 is 0 Å². The maximum Gasteiger partial charge on any atom is 0.241 e. The highest BCUT2D eigenvalue weighted by Gasteiger charge is 2.03. The van der Waals surface area contributed by atoms with Gasteiger partial charge in [-0.1, -0.05) is 22.0 Å². The van der Waals surface area contributed by atoms with Crippen molar-refractivity contribution in [3.63, 3.8) is 0 Å². The monoisotopic (exact) mass is 264 g/mol. The van der Waals surface area contributed by atoms with Crippen molar-refractivity contribution in [3.05, 3.63) is 40.5 Å². The molecule has 2 aromatic rings. The van der Waals surface area contributed by atoms with Crippen molar-refractivity contribution in [3.8, 4) is 0 Å². The van der Waals surface area contributed by atoms with Crippen LogP contribution in [0.5, 0.6) is 0 Å². The van der Waals surface area contributed by atoms with Crippen molar-refractivity contribution in [1.82, 2.24) is 4.98 Å². The smallest absolute Gasteiger partial charge is 0.241 e. The van der Waals surface area contributed by atoms with Crippen molar-refractivity contribution in [2.24, 2.45) is 5.73 Å². The molecule has 0 fully saturated rings. The second-order valence-electron chi connectivity index (χ2n) is 3.14. The van der Waals surface area contributed by atoms with E-state index in [-0.39, 0.29) is 0 Å². The zero-order chi connectivity index (χ0) is 10.8. The van der Waals surface area contributed by atoms with Gasteiger partial charge in [0.25, 0.3) is 0 Å². The lowest BCUT2D eigenvalue weighted by molar-refractivity contribution is -0.113. The van der Waals surface area contributed by atoms with Crippen molar-refractivity contribution >= 4 is 38.8 Å². The fourth-order valence-electron chi connectivity index (χ4n) is 1.47. The van der Waals surface area contributed by atoms with Crippen LogP contribution in [-0.2, 0) is 4.79 Å². The van der Waals surface area contributed by atoms with Crippen LogP contribution in [0, 0.1) is 0 Å². The van der Waals surface area contributed by atoms with Gasteiger partial charge < -0.3 is 10.7 Å². The Hall–Kier alpha value is -1.55. The van der Waals surface area contributed by atoms with Crippen LogP contribution in [0.4, 0.5) is 0 Å². The van der Waals surface area contributed by atoms with Crippen molar-refractivity contribution < 1.29 is 4.79 Å². The Bertz CT molecular complexity index is 543. The van der Waals surface area contributed by atoms with E-state index in [1.807, 2.05) is 24.4 Å². The summed E-state index contributed by atoms with van der Waals surface area (Å²) in [6.07, 6.45) is 4.89. The highest BCUT2D eigenvalue weighted by atomic mass is 79.9. The first-order valence-electron chi connectivity index (χ1n) is 4.41. The van der Waals surface area contributed by atoms with Crippen LogP contribution in [0.1, 0.15) is 5.56 Å². The summed E-state index contributed by atoms with van der Waals surface area (Å²) in [6, 6.07) is 5.88. The average Bonchev–Trinajstić information content (AvgIpc) is 2.59. The summed E-state index contributed by atoms with van der Waals surface area (Å²) in [5.74, 6) is -0.448. The molecule has 0 unspecified atom stereocenters. The number of H-pyrrole nitrogens is 1. The highest BCUT2D eigenvalue weighted by molar-refractivity contribution is 9.10. The van der Waals surface area contributed by atoms with Crippen molar-refractivity contribution in [1.29, 1.82) is 0 Å². The Morgan fingerprint density at radius 1 is 1.47 bits per heavy atom. The third-order valence-electron chi connectivity index (χ3n) is 2.11.